The fraction of sp³-hybridized carbons (Fsp3) is 0. The van der Waals surface area contributed by atoms with E-state index < -0.39 is 0 Å². The van der Waals surface area contributed by atoms with Gasteiger partial charge in [0.1, 0.15) is 5.52 Å². The third-order valence-corrected chi connectivity index (χ3v) is 1.25. The minimum Gasteiger partial charge on any atom is -0.366 e. The largest absolute Gasteiger partial charge is 0.366 e. The molecule has 0 aliphatic heterocycles. The normalized spacial score (nSPS) is 10.2. The van der Waals surface area contributed by atoms with Crippen molar-refractivity contribution in [1.29, 1.82) is 0 Å². The van der Waals surface area contributed by atoms with Crippen LogP contribution < -0.4 is 5.73 Å². The highest BCUT2D eigenvalue weighted by atomic mass is 15.2. The Balaban J connectivity index is 2.83. The molecule has 0 atom stereocenters. The van der Waals surface area contributed by atoms with Crippen LogP contribution in [0.3, 0.4) is 0 Å². The topological polar surface area (TPSA) is 77.6 Å². The highest BCUT2D eigenvalue weighted by Gasteiger charge is 1.96. The summed E-state index contributed by atoms with van der Waals surface area (Å²) in [5.74, 6) is 0.149. The predicted molar refractivity (Wildman–Crippen MR) is 39.5 cm³/mol. The molecule has 0 aliphatic carbocycles. The highest BCUT2D eigenvalue weighted by molar-refractivity contribution is 5.68. The predicted octanol–water partition coefficient (Wildman–Crippen LogP) is 0.00200. The van der Waals surface area contributed by atoms with Crippen LogP contribution in [0.25, 0.3) is 11.2 Å². The maximum Gasteiger partial charge on any atom is 0.242 e. The summed E-state index contributed by atoms with van der Waals surface area (Å²) < 4.78 is 0. The number of pyridine rings is 1. The Kier molecular flexibility index (Phi) is 1.15. The first kappa shape index (κ1) is 5.96. The van der Waals surface area contributed by atoms with E-state index in [0.29, 0.717) is 11.2 Å². The molecule has 2 heterocycles. The van der Waals surface area contributed by atoms with Crippen molar-refractivity contribution >= 4 is 17.1 Å². The molecule has 2 N–H and O–H groups in total. The van der Waals surface area contributed by atoms with Gasteiger partial charge in [-0.05, 0) is 12.1 Å². The van der Waals surface area contributed by atoms with Gasteiger partial charge >= 0.3 is 0 Å². The van der Waals surface area contributed by atoms with Crippen LogP contribution in [0.15, 0.2) is 18.3 Å². The number of nitrogens with two attached hydrogens (primary N) is 1. The molecule has 0 fully saturated rings. The summed E-state index contributed by atoms with van der Waals surface area (Å²) in [6, 6.07) is 3.55. The third-order valence-electron chi connectivity index (χ3n) is 1.25. The molecule has 0 bridgehead atoms. The Hall–Kier alpha value is -1.78. The quantitative estimate of drug-likeness (QED) is 0.567. The first-order valence-corrected chi connectivity index (χ1v) is 3.07. The van der Waals surface area contributed by atoms with Crippen LogP contribution in [-0.4, -0.2) is 20.2 Å². The zero-order valence-corrected chi connectivity index (χ0v) is 5.60. The molecule has 54 valence electrons. The summed E-state index contributed by atoms with van der Waals surface area (Å²) in [7, 11) is 0. The van der Waals surface area contributed by atoms with E-state index in [0.717, 1.165) is 0 Å². The molecule has 2 rings (SSSR count). The van der Waals surface area contributed by atoms with Crippen LogP contribution in [0, 0.1) is 0 Å². The fourth-order valence-electron chi connectivity index (χ4n) is 0.789. The maximum absolute atomic E-state index is 5.30. The molecule has 0 aromatic carbocycles. The van der Waals surface area contributed by atoms with Crippen molar-refractivity contribution in [2.45, 2.75) is 0 Å². The molecule has 0 radical (unpaired) electrons. The van der Waals surface area contributed by atoms with E-state index >= 15 is 0 Å². The molecule has 5 heteroatoms. The van der Waals surface area contributed by atoms with Crippen LogP contribution in [0.5, 0.6) is 0 Å². The lowest BCUT2D eigenvalue weighted by molar-refractivity contribution is 1.03. The first-order valence-electron chi connectivity index (χ1n) is 3.07. The van der Waals surface area contributed by atoms with Gasteiger partial charge in [-0.1, -0.05) is 0 Å². The molecular weight excluding hydrogens is 142 g/mol. The van der Waals surface area contributed by atoms with E-state index in [1.54, 1.807) is 18.3 Å². The van der Waals surface area contributed by atoms with Crippen LogP contribution in [-0.2, 0) is 0 Å². The van der Waals surface area contributed by atoms with E-state index in [4.69, 9.17) is 5.73 Å². The molecule has 2 aromatic rings. The zero-order valence-electron chi connectivity index (χ0n) is 5.60. The van der Waals surface area contributed by atoms with Crippen molar-refractivity contribution in [1.82, 2.24) is 20.2 Å². The number of aromatic nitrogens is 4. The molecular formula is C6H5N5. The van der Waals surface area contributed by atoms with E-state index in [9.17, 15) is 0 Å². The molecule has 0 saturated carbocycles. The van der Waals surface area contributed by atoms with Crippen molar-refractivity contribution in [2.75, 3.05) is 5.73 Å². The monoisotopic (exact) mass is 147 g/mol. The Morgan fingerprint density at radius 3 is 3.09 bits per heavy atom. The van der Waals surface area contributed by atoms with Crippen molar-refractivity contribution in [3.8, 4) is 0 Å². The Morgan fingerprint density at radius 1 is 1.27 bits per heavy atom. The van der Waals surface area contributed by atoms with Crippen molar-refractivity contribution in [3.05, 3.63) is 18.3 Å². The van der Waals surface area contributed by atoms with E-state index in [1.165, 1.54) is 0 Å². The molecule has 0 unspecified atom stereocenters. The second kappa shape index (κ2) is 2.12. The SMILES string of the molecule is Nc1nnc2cccnc2n1. The number of nitrogen functional groups attached to an aromatic ring is 1. The van der Waals surface area contributed by atoms with Crippen LogP contribution in [0.1, 0.15) is 0 Å². The number of nitrogens with zero attached hydrogens (tertiary/aromatic N) is 4. The molecule has 0 spiro atoms. The minimum absolute atomic E-state index is 0.149. The Morgan fingerprint density at radius 2 is 2.18 bits per heavy atom. The smallest absolute Gasteiger partial charge is 0.242 e. The molecule has 5 nitrogen and oxygen atoms in total. The van der Waals surface area contributed by atoms with E-state index in [2.05, 4.69) is 20.2 Å². The first-order chi connectivity index (χ1) is 5.36. The number of hydrogen-bond acceptors (Lipinski definition) is 5. The standard InChI is InChI=1S/C6H5N5/c7-6-9-5-4(10-11-6)2-1-3-8-5/h1-3H,(H2,7,8,9,11). The van der Waals surface area contributed by atoms with Crippen molar-refractivity contribution in [2.24, 2.45) is 0 Å². The lowest BCUT2D eigenvalue weighted by Gasteiger charge is -1.92. The van der Waals surface area contributed by atoms with Gasteiger partial charge in [0.15, 0.2) is 5.65 Å². The van der Waals surface area contributed by atoms with Crippen LogP contribution >= 0.6 is 0 Å². The summed E-state index contributed by atoms with van der Waals surface area (Å²) in [6.07, 6.45) is 1.64. The average molecular weight is 147 g/mol. The minimum atomic E-state index is 0.149. The van der Waals surface area contributed by atoms with Gasteiger partial charge in [0.25, 0.3) is 0 Å². The van der Waals surface area contributed by atoms with Gasteiger partial charge in [-0.25, -0.2) is 4.98 Å². The number of anilines is 1. The lowest BCUT2D eigenvalue weighted by atomic mass is 10.4. The molecule has 0 aliphatic rings. The van der Waals surface area contributed by atoms with Gasteiger partial charge in [-0.15, -0.1) is 10.2 Å². The zero-order chi connectivity index (χ0) is 7.68. The highest BCUT2D eigenvalue weighted by Crippen LogP contribution is 2.02. The van der Waals surface area contributed by atoms with Crippen LogP contribution in [0.2, 0.25) is 0 Å². The number of rotatable bonds is 0. The summed E-state index contributed by atoms with van der Waals surface area (Å²) in [6.45, 7) is 0. The summed E-state index contributed by atoms with van der Waals surface area (Å²) >= 11 is 0. The van der Waals surface area contributed by atoms with Gasteiger partial charge in [-0.2, -0.15) is 4.98 Å². The number of fused-ring (bicyclic) bond motifs is 1. The van der Waals surface area contributed by atoms with Gasteiger partial charge in [0.2, 0.25) is 5.95 Å². The fourth-order valence-corrected chi connectivity index (χ4v) is 0.789. The Bertz CT molecular complexity index is 385. The third kappa shape index (κ3) is 0.958. The molecule has 11 heavy (non-hydrogen) atoms. The average Bonchev–Trinajstić information content (AvgIpc) is 2.04. The van der Waals surface area contributed by atoms with Crippen LogP contribution in [0.4, 0.5) is 5.95 Å². The molecule has 2 aromatic heterocycles. The summed E-state index contributed by atoms with van der Waals surface area (Å²) in [5.41, 5.74) is 6.48. The van der Waals surface area contributed by atoms with E-state index in [1.807, 2.05) is 0 Å². The van der Waals surface area contributed by atoms with Gasteiger partial charge in [-0.3, -0.25) is 0 Å². The Labute approximate surface area is 62.3 Å². The summed E-state index contributed by atoms with van der Waals surface area (Å²) in [4.78, 5) is 7.82. The van der Waals surface area contributed by atoms with Crippen molar-refractivity contribution in [3.63, 3.8) is 0 Å². The maximum atomic E-state index is 5.30. The second-order valence-electron chi connectivity index (χ2n) is 2.02. The molecule has 0 amide bonds. The lowest BCUT2D eigenvalue weighted by Crippen LogP contribution is -1.98. The van der Waals surface area contributed by atoms with E-state index in [-0.39, 0.29) is 5.95 Å². The summed E-state index contributed by atoms with van der Waals surface area (Å²) in [5, 5.41) is 7.36. The van der Waals surface area contributed by atoms with Gasteiger partial charge in [0.05, 0.1) is 0 Å². The second-order valence-corrected chi connectivity index (χ2v) is 2.02. The van der Waals surface area contributed by atoms with Gasteiger partial charge in [0, 0.05) is 6.20 Å². The van der Waals surface area contributed by atoms with Crippen molar-refractivity contribution < 1.29 is 0 Å². The number of hydrogen-bond donors (Lipinski definition) is 1. The molecule has 0 saturated heterocycles. The van der Waals surface area contributed by atoms with Gasteiger partial charge < -0.3 is 5.73 Å².